The van der Waals surface area contributed by atoms with Crippen LogP contribution in [0.3, 0.4) is 0 Å². The van der Waals surface area contributed by atoms with E-state index < -0.39 is 20.0 Å². The summed E-state index contributed by atoms with van der Waals surface area (Å²) in [6.07, 6.45) is 11.0. The van der Waals surface area contributed by atoms with Gasteiger partial charge in [0.05, 0.1) is 54.7 Å². The molecule has 0 bridgehead atoms. The van der Waals surface area contributed by atoms with E-state index in [2.05, 4.69) is 38.5 Å². The fourth-order valence-corrected chi connectivity index (χ4v) is 7.25. The number of hydrogen-bond acceptors (Lipinski definition) is 11. The number of nitrogens with zero attached hydrogens (tertiary/aromatic N) is 10. The highest BCUT2D eigenvalue weighted by Gasteiger charge is 2.19. The molecule has 0 aliphatic carbocycles. The molecule has 17 heteroatoms. The standard InChI is InChI=1S/C20H24N6O2S.C18H23N5O2S/c1-5-16-10-15(13-26(9-8-21)29(4,27)28)6-7-18(16)25(3)20-11-19-17(12-22-20)23-14-24(19)2;1-5-14-8-13(10-21-26(4,24)25)6-7-16(14)23(3)18-9-17-15(11-19-18)20-12-22(17)2/h6-7,10-12,14H,5,9,13H2,1-4H3;6-9,11-12,21H,5,10H2,1-4H3. The third-order valence-corrected chi connectivity index (χ3v) is 11.1. The van der Waals surface area contributed by atoms with Crippen molar-refractivity contribution in [3.8, 4) is 6.07 Å². The maximum absolute atomic E-state index is 11.9. The maximum Gasteiger partial charge on any atom is 0.212 e. The minimum absolute atomic E-state index is 0.169. The first-order valence-corrected chi connectivity index (χ1v) is 21.3. The Bertz CT molecular complexity index is 2580. The van der Waals surface area contributed by atoms with Crippen LogP contribution in [0.2, 0.25) is 0 Å². The van der Waals surface area contributed by atoms with Gasteiger partial charge in [0.1, 0.15) is 29.2 Å². The van der Waals surface area contributed by atoms with Crippen LogP contribution in [0.25, 0.3) is 22.1 Å². The molecule has 0 radical (unpaired) electrons. The van der Waals surface area contributed by atoms with Crippen LogP contribution in [-0.4, -0.2) is 83.4 Å². The van der Waals surface area contributed by atoms with Gasteiger partial charge < -0.3 is 18.9 Å². The summed E-state index contributed by atoms with van der Waals surface area (Å²) in [4.78, 5) is 21.7. The minimum atomic E-state index is -3.45. The van der Waals surface area contributed by atoms with Crippen molar-refractivity contribution >= 4 is 65.1 Å². The first kappa shape index (κ1) is 40.8. The molecule has 2 aromatic carbocycles. The largest absolute Gasteiger partial charge is 0.334 e. The molecule has 0 saturated heterocycles. The van der Waals surface area contributed by atoms with Gasteiger partial charge in [-0.25, -0.2) is 41.5 Å². The predicted octanol–water partition coefficient (Wildman–Crippen LogP) is 4.93. The van der Waals surface area contributed by atoms with Gasteiger partial charge >= 0.3 is 0 Å². The van der Waals surface area contributed by atoms with Gasteiger partial charge in [-0.05, 0) is 47.2 Å². The average Bonchev–Trinajstić information content (AvgIpc) is 3.73. The van der Waals surface area contributed by atoms with E-state index in [9.17, 15) is 16.8 Å². The second-order valence-electron chi connectivity index (χ2n) is 13.3. The zero-order valence-corrected chi connectivity index (χ0v) is 34.0. The Morgan fingerprint density at radius 2 is 1.20 bits per heavy atom. The van der Waals surface area contributed by atoms with Gasteiger partial charge in [0, 0.05) is 64.8 Å². The van der Waals surface area contributed by atoms with Crippen LogP contribution in [0, 0.1) is 11.3 Å². The Morgan fingerprint density at radius 1 is 0.727 bits per heavy atom. The molecule has 4 aromatic heterocycles. The number of imidazole rings is 2. The van der Waals surface area contributed by atoms with Crippen molar-refractivity contribution in [2.24, 2.45) is 14.1 Å². The van der Waals surface area contributed by atoms with E-state index in [0.29, 0.717) is 0 Å². The molecule has 6 aromatic rings. The number of rotatable bonds is 13. The number of sulfonamides is 2. The van der Waals surface area contributed by atoms with Crippen LogP contribution in [0.15, 0.2) is 73.6 Å². The number of anilines is 4. The van der Waals surface area contributed by atoms with Gasteiger partial charge in [-0.2, -0.15) is 9.57 Å². The predicted molar refractivity (Wildman–Crippen MR) is 217 cm³/mol. The first-order chi connectivity index (χ1) is 26.0. The number of aromatic nitrogens is 6. The van der Waals surface area contributed by atoms with E-state index in [1.165, 1.54) is 4.31 Å². The van der Waals surface area contributed by atoms with Gasteiger partial charge in [-0.15, -0.1) is 0 Å². The zero-order chi connectivity index (χ0) is 40.1. The van der Waals surface area contributed by atoms with Crippen LogP contribution in [0.1, 0.15) is 36.1 Å². The summed E-state index contributed by atoms with van der Waals surface area (Å²) in [6, 6.07) is 17.8. The van der Waals surface area contributed by atoms with Crippen molar-refractivity contribution in [3.05, 3.63) is 95.8 Å². The normalized spacial score (nSPS) is 11.8. The molecule has 0 spiro atoms. The van der Waals surface area contributed by atoms with Crippen molar-refractivity contribution in [3.63, 3.8) is 0 Å². The molecular weight excluding hydrogens is 739 g/mol. The van der Waals surface area contributed by atoms with Crippen molar-refractivity contribution in [2.45, 2.75) is 39.8 Å². The lowest BCUT2D eigenvalue weighted by Crippen LogP contribution is -2.30. The number of nitrogens with one attached hydrogen (secondary N) is 1. The monoisotopic (exact) mass is 785 g/mol. The number of fused-ring (bicyclic) bond motifs is 2. The first-order valence-electron chi connectivity index (χ1n) is 17.5. The molecule has 290 valence electrons. The van der Waals surface area contributed by atoms with Gasteiger partial charge in [0.2, 0.25) is 20.0 Å². The van der Waals surface area contributed by atoms with Crippen molar-refractivity contribution in [1.82, 2.24) is 38.1 Å². The lowest BCUT2D eigenvalue weighted by molar-refractivity contribution is 0.446. The lowest BCUT2D eigenvalue weighted by Gasteiger charge is -2.23. The molecule has 1 N–H and O–H groups in total. The summed E-state index contributed by atoms with van der Waals surface area (Å²) in [5.74, 6) is 1.63. The highest BCUT2D eigenvalue weighted by Crippen LogP contribution is 2.30. The Morgan fingerprint density at radius 3 is 1.64 bits per heavy atom. The van der Waals surface area contributed by atoms with Crippen LogP contribution in [0.4, 0.5) is 23.0 Å². The van der Waals surface area contributed by atoms with E-state index in [4.69, 9.17) is 5.26 Å². The molecule has 6 rings (SSSR count). The van der Waals surface area contributed by atoms with Gasteiger partial charge in [-0.3, -0.25) is 0 Å². The van der Waals surface area contributed by atoms with E-state index in [-0.39, 0.29) is 19.6 Å². The topological polar surface area (TPSA) is 175 Å². The summed E-state index contributed by atoms with van der Waals surface area (Å²) in [6.45, 7) is 4.42. The number of aryl methyl sites for hydroxylation is 4. The third-order valence-electron chi connectivity index (χ3n) is 9.27. The third kappa shape index (κ3) is 9.83. The SMILES string of the molecule is CCc1cc(CN(CC#N)S(C)(=O)=O)ccc1N(C)c1cc2c(cn1)ncn2C.CCc1cc(CNS(C)(=O)=O)ccc1N(C)c1cc2c(cn1)ncn2C. The van der Waals surface area contributed by atoms with Crippen LogP contribution < -0.4 is 14.5 Å². The smallest absolute Gasteiger partial charge is 0.212 e. The van der Waals surface area contributed by atoms with E-state index in [1.807, 2.05) is 102 Å². The minimum Gasteiger partial charge on any atom is -0.334 e. The van der Waals surface area contributed by atoms with Crippen molar-refractivity contribution in [2.75, 3.05) is 43.0 Å². The van der Waals surface area contributed by atoms with Crippen LogP contribution in [-0.2, 0) is 60.1 Å². The molecule has 0 aliphatic rings. The maximum atomic E-state index is 11.9. The molecule has 15 nitrogen and oxygen atoms in total. The van der Waals surface area contributed by atoms with E-state index >= 15 is 0 Å². The van der Waals surface area contributed by atoms with Gasteiger partial charge in [-0.1, -0.05) is 38.1 Å². The van der Waals surface area contributed by atoms with Crippen LogP contribution in [0.5, 0.6) is 0 Å². The molecule has 0 saturated carbocycles. The van der Waals surface area contributed by atoms with E-state index in [1.54, 1.807) is 25.0 Å². The molecular formula is C38H47N11O4S2. The molecule has 4 heterocycles. The molecule has 0 unspecified atom stereocenters. The summed E-state index contributed by atoms with van der Waals surface area (Å²) < 4.78 is 54.0. The summed E-state index contributed by atoms with van der Waals surface area (Å²) >= 11 is 0. The quantitative estimate of drug-likeness (QED) is 0.157. The number of benzene rings is 2. The molecule has 55 heavy (non-hydrogen) atoms. The van der Waals surface area contributed by atoms with Gasteiger partial charge in [0.15, 0.2) is 0 Å². The molecule has 0 aliphatic heterocycles. The lowest BCUT2D eigenvalue weighted by atomic mass is 10.1. The summed E-state index contributed by atoms with van der Waals surface area (Å²) in [7, 11) is 1.18. The number of pyridine rings is 2. The zero-order valence-electron chi connectivity index (χ0n) is 32.4. The van der Waals surface area contributed by atoms with Crippen LogP contribution >= 0.6 is 0 Å². The second-order valence-corrected chi connectivity index (χ2v) is 17.1. The number of nitriles is 1. The van der Waals surface area contributed by atoms with Crippen molar-refractivity contribution < 1.29 is 16.8 Å². The molecule has 0 atom stereocenters. The fraction of sp³-hybridized carbons (Fsp3) is 0.342. The van der Waals surface area contributed by atoms with Gasteiger partial charge in [0.25, 0.3) is 0 Å². The Balaban J connectivity index is 0.000000212. The Kier molecular flexibility index (Phi) is 12.6. The molecule has 0 amide bonds. The number of hydrogen-bond donors (Lipinski definition) is 1. The fourth-order valence-electron chi connectivity index (χ4n) is 6.15. The Labute approximate surface area is 323 Å². The highest BCUT2D eigenvalue weighted by atomic mass is 32.2. The summed E-state index contributed by atoms with van der Waals surface area (Å²) in [5, 5.41) is 8.92. The second kappa shape index (κ2) is 16.9. The average molecular weight is 786 g/mol. The summed E-state index contributed by atoms with van der Waals surface area (Å²) in [5.41, 5.74) is 9.74. The highest BCUT2D eigenvalue weighted by molar-refractivity contribution is 7.88. The van der Waals surface area contributed by atoms with Crippen molar-refractivity contribution in [1.29, 1.82) is 5.26 Å². The van der Waals surface area contributed by atoms with E-state index in [0.717, 1.165) is 92.7 Å². The Hall–Kier alpha value is -5.41. The molecule has 0 fully saturated rings.